The Hall–Kier alpha value is -1.91. The molecule has 24 heavy (non-hydrogen) atoms. The van der Waals surface area contributed by atoms with Crippen LogP contribution in [0.15, 0.2) is 53.2 Å². The molecule has 2 aromatic heterocycles. The molecule has 1 aliphatic rings. The van der Waals surface area contributed by atoms with Crippen molar-refractivity contribution >= 4 is 28.6 Å². The van der Waals surface area contributed by atoms with Crippen molar-refractivity contribution in [2.24, 2.45) is 0 Å². The van der Waals surface area contributed by atoms with Crippen molar-refractivity contribution in [3.63, 3.8) is 0 Å². The highest BCUT2D eigenvalue weighted by Gasteiger charge is 2.33. The summed E-state index contributed by atoms with van der Waals surface area (Å²) in [7, 11) is 0. The van der Waals surface area contributed by atoms with Gasteiger partial charge in [0.15, 0.2) is 0 Å². The molecule has 0 N–H and O–H groups in total. The maximum atomic E-state index is 13.2. The molecule has 0 radical (unpaired) electrons. The van der Waals surface area contributed by atoms with Gasteiger partial charge < -0.3 is 4.90 Å². The predicted molar refractivity (Wildman–Crippen MR) is 101 cm³/mol. The third-order valence-electron chi connectivity index (χ3n) is 4.65. The minimum Gasteiger partial charge on any atom is -0.326 e. The van der Waals surface area contributed by atoms with Gasteiger partial charge in [0.25, 0.3) is 5.91 Å². The summed E-state index contributed by atoms with van der Waals surface area (Å²) in [5.41, 5.74) is 3.35. The number of hydrogen-bond acceptors (Lipinski definition) is 3. The van der Waals surface area contributed by atoms with E-state index < -0.39 is 0 Å². The van der Waals surface area contributed by atoms with E-state index in [1.807, 2.05) is 28.4 Å². The van der Waals surface area contributed by atoms with Crippen molar-refractivity contribution in [3.05, 3.63) is 79.7 Å². The molecule has 3 aromatic rings. The number of nitrogens with zero attached hydrogens (tertiary/aromatic N) is 1. The Bertz CT molecular complexity index is 833. The van der Waals surface area contributed by atoms with Crippen LogP contribution >= 0.6 is 22.7 Å². The van der Waals surface area contributed by atoms with Gasteiger partial charge in [0.05, 0.1) is 6.04 Å². The van der Waals surface area contributed by atoms with Gasteiger partial charge in [-0.2, -0.15) is 0 Å². The fraction of sp³-hybridized carbons (Fsp3) is 0.250. The molecular formula is C20H19NOS2. The van der Waals surface area contributed by atoms with Crippen LogP contribution in [0.3, 0.4) is 0 Å². The molecule has 0 spiro atoms. The number of thiophene rings is 2. The van der Waals surface area contributed by atoms with Gasteiger partial charge in [-0.15, -0.1) is 22.7 Å². The van der Waals surface area contributed by atoms with Crippen molar-refractivity contribution in [1.29, 1.82) is 0 Å². The van der Waals surface area contributed by atoms with Crippen LogP contribution in [0.4, 0.5) is 0 Å². The van der Waals surface area contributed by atoms with Crippen molar-refractivity contribution < 1.29 is 4.79 Å². The second-order valence-electron chi connectivity index (χ2n) is 6.02. The summed E-state index contributed by atoms with van der Waals surface area (Å²) < 4.78 is 0. The summed E-state index contributed by atoms with van der Waals surface area (Å²) in [6.07, 6.45) is 1.95. The van der Waals surface area contributed by atoms with Gasteiger partial charge in [-0.05, 0) is 59.0 Å². The number of carbonyl (C=O) groups excluding carboxylic acids is 1. The third kappa shape index (κ3) is 2.70. The second kappa shape index (κ2) is 6.54. The normalized spacial score (nSPS) is 16.9. The fourth-order valence-corrected chi connectivity index (χ4v) is 5.10. The first-order valence-corrected chi connectivity index (χ1v) is 10.0. The van der Waals surface area contributed by atoms with Crippen molar-refractivity contribution in [1.82, 2.24) is 4.90 Å². The van der Waals surface area contributed by atoms with E-state index in [4.69, 9.17) is 0 Å². The van der Waals surface area contributed by atoms with E-state index in [0.717, 1.165) is 24.9 Å². The highest BCUT2D eigenvalue weighted by molar-refractivity contribution is 7.10. The van der Waals surface area contributed by atoms with Crippen LogP contribution in [0.1, 0.15) is 44.2 Å². The van der Waals surface area contributed by atoms with E-state index in [2.05, 4.69) is 48.0 Å². The number of amides is 1. The summed E-state index contributed by atoms with van der Waals surface area (Å²) in [6, 6.07) is 14.5. The molecule has 1 amide bonds. The van der Waals surface area contributed by atoms with Crippen molar-refractivity contribution in [2.75, 3.05) is 6.54 Å². The molecule has 0 fully saturated rings. The lowest BCUT2D eigenvalue weighted by Crippen LogP contribution is -2.39. The first-order valence-electron chi connectivity index (χ1n) is 8.27. The maximum absolute atomic E-state index is 13.2. The van der Waals surface area contributed by atoms with E-state index in [0.29, 0.717) is 0 Å². The lowest BCUT2D eigenvalue weighted by Gasteiger charge is -2.35. The standard InChI is InChI=1S/C20H19NOS2/c1-2-14-5-7-15(8-6-14)20(22)21-11-9-17-16(10-13-24-17)19(21)18-4-3-12-23-18/h3-8,10,12-13,19H,2,9,11H2,1H3/t19-/m1/s1. The van der Waals surface area contributed by atoms with Gasteiger partial charge in [-0.3, -0.25) is 4.79 Å². The first kappa shape index (κ1) is 15.6. The molecule has 2 nitrogen and oxygen atoms in total. The molecule has 4 heteroatoms. The number of carbonyl (C=O) groups is 1. The fourth-order valence-electron chi connectivity index (χ4n) is 3.34. The molecule has 0 saturated heterocycles. The molecule has 122 valence electrons. The van der Waals surface area contributed by atoms with Crippen LogP contribution < -0.4 is 0 Å². The van der Waals surface area contributed by atoms with E-state index in [1.165, 1.54) is 20.9 Å². The third-order valence-corrected chi connectivity index (χ3v) is 6.57. The summed E-state index contributed by atoms with van der Waals surface area (Å²) in [5, 5.41) is 4.24. The summed E-state index contributed by atoms with van der Waals surface area (Å²) in [4.78, 5) is 17.9. The number of fused-ring (bicyclic) bond motifs is 1. The quantitative estimate of drug-likeness (QED) is 0.637. The Morgan fingerprint density at radius 2 is 1.96 bits per heavy atom. The molecule has 0 bridgehead atoms. The van der Waals surface area contributed by atoms with Crippen molar-refractivity contribution in [2.45, 2.75) is 25.8 Å². The second-order valence-corrected chi connectivity index (χ2v) is 8.00. The number of benzene rings is 1. The lowest BCUT2D eigenvalue weighted by molar-refractivity contribution is 0.0699. The predicted octanol–water partition coefficient (Wildman–Crippen LogP) is 5.16. The van der Waals surface area contributed by atoms with E-state index >= 15 is 0 Å². The molecule has 0 unspecified atom stereocenters. The Morgan fingerprint density at radius 1 is 1.12 bits per heavy atom. The van der Waals surface area contributed by atoms with E-state index in [1.54, 1.807) is 11.3 Å². The minimum absolute atomic E-state index is 0.0540. The Kier molecular flexibility index (Phi) is 4.25. The van der Waals surface area contributed by atoms with Gasteiger partial charge in [0.2, 0.25) is 0 Å². The lowest BCUT2D eigenvalue weighted by atomic mass is 9.97. The zero-order valence-corrected chi connectivity index (χ0v) is 15.2. The molecule has 1 atom stereocenters. The molecule has 1 aromatic carbocycles. The summed E-state index contributed by atoms with van der Waals surface area (Å²) in [5.74, 6) is 0.132. The Balaban J connectivity index is 1.71. The molecule has 3 heterocycles. The smallest absolute Gasteiger partial charge is 0.254 e. The number of aryl methyl sites for hydroxylation is 1. The molecule has 0 aliphatic carbocycles. The zero-order chi connectivity index (χ0) is 16.5. The molecular weight excluding hydrogens is 334 g/mol. The topological polar surface area (TPSA) is 20.3 Å². The van der Waals surface area contributed by atoms with Gasteiger partial charge in [-0.1, -0.05) is 25.1 Å². The van der Waals surface area contributed by atoms with Crippen LogP contribution in [-0.4, -0.2) is 17.4 Å². The van der Waals surface area contributed by atoms with Crippen LogP contribution in [0, 0.1) is 0 Å². The van der Waals surface area contributed by atoms with Crippen LogP contribution in [0.25, 0.3) is 0 Å². The monoisotopic (exact) mass is 353 g/mol. The van der Waals surface area contributed by atoms with Crippen LogP contribution in [0.5, 0.6) is 0 Å². The minimum atomic E-state index is 0.0540. The van der Waals surface area contributed by atoms with E-state index in [9.17, 15) is 4.79 Å². The average Bonchev–Trinajstić information content (AvgIpc) is 3.31. The SMILES string of the molecule is CCc1ccc(C(=O)N2CCc3sccc3[C@@H]2c2cccs2)cc1. The van der Waals surface area contributed by atoms with Gasteiger partial charge in [0.1, 0.15) is 0 Å². The van der Waals surface area contributed by atoms with Crippen LogP contribution in [0.2, 0.25) is 0 Å². The van der Waals surface area contributed by atoms with E-state index in [-0.39, 0.29) is 11.9 Å². The maximum Gasteiger partial charge on any atom is 0.254 e. The highest BCUT2D eigenvalue weighted by Crippen LogP contribution is 2.40. The molecule has 1 aliphatic heterocycles. The van der Waals surface area contributed by atoms with Gasteiger partial charge >= 0.3 is 0 Å². The largest absolute Gasteiger partial charge is 0.326 e. The molecule has 4 rings (SSSR count). The number of hydrogen-bond donors (Lipinski definition) is 0. The average molecular weight is 354 g/mol. The Morgan fingerprint density at radius 3 is 2.67 bits per heavy atom. The summed E-state index contributed by atoms with van der Waals surface area (Å²) in [6.45, 7) is 2.91. The first-order chi connectivity index (χ1) is 11.8. The summed E-state index contributed by atoms with van der Waals surface area (Å²) >= 11 is 3.54. The van der Waals surface area contributed by atoms with Gasteiger partial charge in [-0.25, -0.2) is 0 Å². The number of rotatable bonds is 3. The Labute approximate surface area is 150 Å². The van der Waals surface area contributed by atoms with Gasteiger partial charge in [0, 0.05) is 21.9 Å². The molecule has 0 saturated carbocycles. The zero-order valence-electron chi connectivity index (χ0n) is 13.6. The van der Waals surface area contributed by atoms with Crippen molar-refractivity contribution in [3.8, 4) is 0 Å². The van der Waals surface area contributed by atoms with Crippen LogP contribution in [-0.2, 0) is 12.8 Å². The highest BCUT2D eigenvalue weighted by atomic mass is 32.1.